The number of nitrogens with one attached hydrogen (secondary N) is 3. The summed E-state index contributed by atoms with van der Waals surface area (Å²) in [7, 11) is 0. The summed E-state index contributed by atoms with van der Waals surface area (Å²) in [4.78, 5) is 23.8. The minimum atomic E-state index is -0.798. The van der Waals surface area contributed by atoms with Crippen LogP contribution in [0.25, 0.3) is 0 Å². The van der Waals surface area contributed by atoms with Gasteiger partial charge in [-0.1, -0.05) is 60.7 Å². The smallest absolute Gasteiger partial charge is 0.292 e. The molecule has 0 saturated carbocycles. The van der Waals surface area contributed by atoms with E-state index in [0.717, 1.165) is 5.56 Å². The Hall–Kier alpha value is -3.78. The second-order valence-electron chi connectivity index (χ2n) is 6.52. The summed E-state index contributed by atoms with van der Waals surface area (Å²) in [5.41, 5.74) is 2.46. The maximum Gasteiger partial charge on any atom is 0.292 e. The number of carbonyl (C=O) groups is 1. The van der Waals surface area contributed by atoms with Crippen molar-refractivity contribution in [3.63, 3.8) is 0 Å². The molecule has 0 saturated heterocycles. The molecule has 0 aliphatic rings. The fraction of sp³-hybridized carbons (Fsp3) is 0.0909. The van der Waals surface area contributed by atoms with Gasteiger partial charge in [-0.2, -0.15) is 0 Å². The number of nitro groups is 1. The van der Waals surface area contributed by atoms with Gasteiger partial charge in [0.05, 0.1) is 4.92 Å². The summed E-state index contributed by atoms with van der Waals surface area (Å²) in [5.74, 6) is -0.304. The van der Waals surface area contributed by atoms with E-state index in [0.29, 0.717) is 11.3 Å². The molecule has 0 aliphatic heterocycles. The van der Waals surface area contributed by atoms with Crippen molar-refractivity contribution in [2.45, 2.75) is 13.0 Å². The van der Waals surface area contributed by atoms with Crippen molar-refractivity contribution in [2.24, 2.45) is 0 Å². The van der Waals surface area contributed by atoms with Crippen LogP contribution in [0, 0.1) is 17.0 Å². The average Bonchev–Trinajstić information content (AvgIpc) is 2.74. The van der Waals surface area contributed by atoms with Crippen LogP contribution in [-0.4, -0.2) is 15.9 Å². The van der Waals surface area contributed by atoms with Gasteiger partial charge in [-0.05, 0) is 42.4 Å². The first-order valence-corrected chi connectivity index (χ1v) is 9.59. The Morgan fingerprint density at radius 1 is 0.900 bits per heavy atom. The van der Waals surface area contributed by atoms with Gasteiger partial charge in [0.15, 0.2) is 5.11 Å². The van der Waals surface area contributed by atoms with Gasteiger partial charge in [-0.25, -0.2) is 0 Å². The zero-order chi connectivity index (χ0) is 21.5. The summed E-state index contributed by atoms with van der Waals surface area (Å²) in [5, 5.41) is 20.0. The third-order valence-electron chi connectivity index (χ3n) is 4.42. The molecule has 3 N–H and O–H groups in total. The predicted octanol–water partition coefficient (Wildman–Crippen LogP) is 4.57. The molecule has 0 aromatic heterocycles. The number of hydrogen-bond donors (Lipinski definition) is 3. The number of aryl methyl sites for hydroxylation is 1. The Balaban J connectivity index is 1.81. The Morgan fingerprint density at radius 3 is 2.17 bits per heavy atom. The Morgan fingerprint density at radius 2 is 1.50 bits per heavy atom. The van der Waals surface area contributed by atoms with E-state index >= 15 is 0 Å². The molecule has 3 aromatic carbocycles. The molecule has 8 heteroatoms. The zero-order valence-electron chi connectivity index (χ0n) is 16.2. The maximum absolute atomic E-state index is 13.1. The van der Waals surface area contributed by atoms with Crippen molar-refractivity contribution in [1.29, 1.82) is 0 Å². The van der Waals surface area contributed by atoms with Gasteiger partial charge >= 0.3 is 0 Å². The van der Waals surface area contributed by atoms with E-state index in [1.165, 1.54) is 6.07 Å². The minimum Gasteiger partial charge on any atom is -0.347 e. The van der Waals surface area contributed by atoms with Crippen LogP contribution in [0.5, 0.6) is 0 Å². The van der Waals surface area contributed by atoms with Crippen LogP contribution in [-0.2, 0) is 4.79 Å². The zero-order valence-corrected chi connectivity index (χ0v) is 17.0. The Kier molecular flexibility index (Phi) is 6.71. The predicted molar refractivity (Wildman–Crippen MR) is 121 cm³/mol. The normalized spacial score (nSPS) is 11.2. The number of hydrogen-bond acceptors (Lipinski definition) is 4. The van der Waals surface area contributed by atoms with Crippen LogP contribution in [0.2, 0.25) is 0 Å². The van der Waals surface area contributed by atoms with E-state index in [2.05, 4.69) is 16.0 Å². The van der Waals surface area contributed by atoms with Crippen molar-refractivity contribution >= 4 is 40.3 Å². The summed E-state index contributed by atoms with van der Waals surface area (Å²) >= 11 is 5.34. The fourth-order valence-corrected chi connectivity index (χ4v) is 3.12. The van der Waals surface area contributed by atoms with Gasteiger partial charge in [0, 0.05) is 11.8 Å². The summed E-state index contributed by atoms with van der Waals surface area (Å²) in [6.07, 6.45) is 0. The van der Waals surface area contributed by atoms with Crippen LogP contribution < -0.4 is 16.0 Å². The third kappa shape index (κ3) is 5.18. The molecular formula is C22H20N4O3S. The highest BCUT2D eigenvalue weighted by Crippen LogP contribution is 2.24. The number of rotatable bonds is 6. The van der Waals surface area contributed by atoms with Gasteiger partial charge in [0.2, 0.25) is 0 Å². The summed E-state index contributed by atoms with van der Waals surface area (Å²) < 4.78 is 0. The summed E-state index contributed by atoms with van der Waals surface area (Å²) in [6.45, 7) is 1.90. The number of carbonyl (C=O) groups excluding carboxylic acids is 1. The van der Waals surface area contributed by atoms with E-state index in [-0.39, 0.29) is 22.4 Å². The molecule has 0 heterocycles. The average molecular weight is 420 g/mol. The second kappa shape index (κ2) is 9.62. The van der Waals surface area contributed by atoms with Crippen LogP contribution >= 0.6 is 12.2 Å². The van der Waals surface area contributed by atoms with Crippen molar-refractivity contribution in [3.8, 4) is 0 Å². The number of para-hydroxylation sites is 3. The standard InChI is InChI=1S/C22H20N4O3S/c1-15-9-5-6-12-17(15)23-21(27)20(16-10-3-2-4-11-16)25-22(30)24-18-13-7-8-14-19(18)26(28)29/h2-14,20H,1H3,(H,23,27)(H2,24,25,30). The molecule has 0 aliphatic carbocycles. The molecule has 0 radical (unpaired) electrons. The molecule has 1 amide bonds. The van der Waals surface area contributed by atoms with Crippen molar-refractivity contribution in [3.05, 3.63) is 100 Å². The highest BCUT2D eigenvalue weighted by Gasteiger charge is 2.23. The molecular weight excluding hydrogens is 400 g/mol. The number of nitrogens with zero attached hydrogens (tertiary/aromatic N) is 1. The number of amides is 1. The van der Waals surface area contributed by atoms with Crippen molar-refractivity contribution in [1.82, 2.24) is 5.32 Å². The molecule has 0 bridgehead atoms. The van der Waals surface area contributed by atoms with Gasteiger partial charge < -0.3 is 16.0 Å². The lowest BCUT2D eigenvalue weighted by molar-refractivity contribution is -0.383. The fourth-order valence-electron chi connectivity index (χ4n) is 2.89. The topological polar surface area (TPSA) is 96.3 Å². The Labute approximate surface area is 179 Å². The SMILES string of the molecule is Cc1ccccc1NC(=O)C(NC(=S)Nc1ccccc1[N+](=O)[O-])c1ccccc1. The largest absolute Gasteiger partial charge is 0.347 e. The van der Waals surface area contributed by atoms with Crippen molar-refractivity contribution in [2.75, 3.05) is 10.6 Å². The second-order valence-corrected chi connectivity index (χ2v) is 6.93. The molecule has 152 valence electrons. The van der Waals surface area contributed by atoms with Crippen LogP contribution in [0.3, 0.4) is 0 Å². The molecule has 0 spiro atoms. The van der Waals surface area contributed by atoms with E-state index < -0.39 is 11.0 Å². The molecule has 0 fully saturated rings. The highest BCUT2D eigenvalue weighted by atomic mass is 32.1. The number of thiocarbonyl (C=S) groups is 1. The third-order valence-corrected chi connectivity index (χ3v) is 4.64. The van der Waals surface area contributed by atoms with Gasteiger partial charge in [-0.3, -0.25) is 14.9 Å². The molecule has 3 rings (SSSR count). The molecule has 3 aromatic rings. The summed E-state index contributed by atoms with van der Waals surface area (Å²) in [6, 6.07) is 21.9. The Bertz CT molecular complexity index is 1070. The number of benzene rings is 3. The van der Waals surface area contributed by atoms with E-state index in [1.54, 1.807) is 18.2 Å². The van der Waals surface area contributed by atoms with E-state index in [4.69, 9.17) is 12.2 Å². The molecule has 30 heavy (non-hydrogen) atoms. The van der Waals surface area contributed by atoms with Crippen LogP contribution in [0.15, 0.2) is 78.9 Å². The monoisotopic (exact) mass is 420 g/mol. The quantitative estimate of drug-likeness (QED) is 0.307. The lowest BCUT2D eigenvalue weighted by atomic mass is 10.1. The molecule has 7 nitrogen and oxygen atoms in total. The maximum atomic E-state index is 13.1. The van der Waals surface area contributed by atoms with Gasteiger partial charge in [0.25, 0.3) is 11.6 Å². The lowest BCUT2D eigenvalue weighted by Gasteiger charge is -2.21. The van der Waals surface area contributed by atoms with Gasteiger partial charge in [-0.15, -0.1) is 0 Å². The highest BCUT2D eigenvalue weighted by molar-refractivity contribution is 7.80. The van der Waals surface area contributed by atoms with Gasteiger partial charge in [0.1, 0.15) is 11.7 Å². The van der Waals surface area contributed by atoms with Crippen LogP contribution in [0.4, 0.5) is 17.1 Å². The molecule has 1 unspecified atom stereocenters. The minimum absolute atomic E-state index is 0.0955. The lowest BCUT2D eigenvalue weighted by Crippen LogP contribution is -2.39. The number of anilines is 2. The van der Waals surface area contributed by atoms with Crippen LogP contribution in [0.1, 0.15) is 17.2 Å². The first kappa shape index (κ1) is 20.9. The first-order valence-electron chi connectivity index (χ1n) is 9.18. The number of nitro benzene ring substituents is 1. The van der Waals surface area contributed by atoms with E-state index in [1.807, 2.05) is 61.5 Å². The van der Waals surface area contributed by atoms with Crippen molar-refractivity contribution < 1.29 is 9.72 Å². The molecule has 1 atom stereocenters. The first-order chi connectivity index (χ1) is 14.5. The van der Waals surface area contributed by atoms with E-state index in [9.17, 15) is 14.9 Å².